The lowest BCUT2D eigenvalue weighted by Gasteiger charge is -2.34. The van der Waals surface area contributed by atoms with E-state index in [1.165, 1.54) is 17.8 Å². The number of hydrogen-bond donors (Lipinski definition) is 1. The summed E-state index contributed by atoms with van der Waals surface area (Å²) in [5, 5.41) is 3.26. The van der Waals surface area contributed by atoms with E-state index in [1.807, 2.05) is 54.6 Å². The minimum Gasteiger partial charge on any atom is -0.497 e. The summed E-state index contributed by atoms with van der Waals surface area (Å²) >= 11 is 3.53. The molecule has 0 saturated heterocycles. The molecule has 1 fully saturated rings. The second kappa shape index (κ2) is 16.1. The van der Waals surface area contributed by atoms with Crippen molar-refractivity contribution in [2.75, 3.05) is 24.2 Å². The highest BCUT2D eigenvalue weighted by molar-refractivity contribution is 9.10. The van der Waals surface area contributed by atoms with E-state index >= 15 is 0 Å². The smallest absolute Gasteiger partial charge is 0.243 e. The standard InChI is InChI=1S/C34H42BrN3O5S/c1-43-31-19-10-18-30(24-31)38(44(2,41)42)21-11-20-33(39)37(25-27-14-9-15-28(35)22-27)32(23-26-12-5-3-6-13-26)34(40)36-29-16-7-4-8-17-29/h3,5-6,9-10,12-15,18-19,22,24,29,32H,4,7-8,11,16-17,20-21,23,25H2,1-2H3,(H,36,40)/t32-/m1/s1. The predicted octanol–water partition coefficient (Wildman–Crippen LogP) is 6.09. The van der Waals surface area contributed by atoms with Crippen molar-refractivity contribution in [3.05, 3.63) is 94.5 Å². The van der Waals surface area contributed by atoms with E-state index in [4.69, 9.17) is 4.74 Å². The number of anilines is 1. The number of sulfonamides is 1. The van der Waals surface area contributed by atoms with Crippen molar-refractivity contribution in [1.82, 2.24) is 10.2 Å². The third-order valence-corrected chi connectivity index (χ3v) is 9.65. The molecule has 236 valence electrons. The Morgan fingerprint density at radius 2 is 1.66 bits per heavy atom. The first kappa shape index (κ1) is 33.5. The monoisotopic (exact) mass is 683 g/mol. The molecule has 10 heteroatoms. The highest BCUT2D eigenvalue weighted by atomic mass is 79.9. The zero-order valence-electron chi connectivity index (χ0n) is 25.5. The number of nitrogens with one attached hydrogen (secondary N) is 1. The molecule has 4 rings (SSSR count). The van der Waals surface area contributed by atoms with Crippen molar-refractivity contribution in [3.8, 4) is 5.75 Å². The molecule has 3 aromatic rings. The van der Waals surface area contributed by atoms with Gasteiger partial charge in [0.25, 0.3) is 0 Å². The summed E-state index contributed by atoms with van der Waals surface area (Å²) in [4.78, 5) is 29.7. The quantitative estimate of drug-likeness (QED) is 0.222. The number of carbonyl (C=O) groups excluding carboxylic acids is 2. The van der Waals surface area contributed by atoms with Crippen LogP contribution in [0.3, 0.4) is 0 Å². The average molecular weight is 685 g/mol. The van der Waals surface area contributed by atoms with E-state index in [1.54, 1.807) is 29.2 Å². The zero-order valence-corrected chi connectivity index (χ0v) is 27.9. The molecule has 0 spiro atoms. The SMILES string of the molecule is COc1cccc(N(CCCC(=O)N(Cc2cccc(Br)c2)[C@H](Cc2ccccc2)C(=O)NC2CCCCC2)S(C)(=O)=O)c1. The summed E-state index contributed by atoms with van der Waals surface area (Å²) < 4.78 is 32.9. The Morgan fingerprint density at radius 3 is 2.34 bits per heavy atom. The van der Waals surface area contributed by atoms with Crippen LogP contribution in [0.4, 0.5) is 5.69 Å². The summed E-state index contributed by atoms with van der Waals surface area (Å²) in [6.07, 6.45) is 7.10. The number of carbonyl (C=O) groups is 2. The van der Waals surface area contributed by atoms with Crippen LogP contribution in [0.1, 0.15) is 56.1 Å². The second-order valence-corrected chi connectivity index (χ2v) is 14.2. The van der Waals surface area contributed by atoms with Gasteiger partial charge in [-0.15, -0.1) is 0 Å². The first-order chi connectivity index (χ1) is 21.1. The van der Waals surface area contributed by atoms with Gasteiger partial charge in [0, 0.05) is 42.5 Å². The molecular weight excluding hydrogens is 642 g/mol. The molecular formula is C34H42BrN3O5S. The van der Waals surface area contributed by atoms with Gasteiger partial charge < -0.3 is 15.0 Å². The minimum atomic E-state index is -3.62. The maximum atomic E-state index is 14.1. The fourth-order valence-corrected chi connectivity index (χ4v) is 7.10. The Hall–Kier alpha value is -3.37. The van der Waals surface area contributed by atoms with Gasteiger partial charge in [-0.2, -0.15) is 0 Å². The van der Waals surface area contributed by atoms with Crippen molar-refractivity contribution in [2.45, 2.75) is 70.0 Å². The van der Waals surface area contributed by atoms with Gasteiger partial charge in [0.15, 0.2) is 0 Å². The van der Waals surface area contributed by atoms with Gasteiger partial charge in [-0.1, -0.05) is 83.7 Å². The van der Waals surface area contributed by atoms with Crippen molar-refractivity contribution in [1.29, 1.82) is 0 Å². The maximum Gasteiger partial charge on any atom is 0.243 e. The molecule has 0 aliphatic heterocycles. The molecule has 3 aromatic carbocycles. The highest BCUT2D eigenvalue weighted by Gasteiger charge is 2.32. The fraction of sp³-hybridized carbons (Fsp3) is 0.412. The Kier molecular flexibility index (Phi) is 12.3. The Labute approximate surface area is 270 Å². The van der Waals surface area contributed by atoms with E-state index in [2.05, 4.69) is 21.2 Å². The molecule has 1 saturated carbocycles. The molecule has 0 bridgehead atoms. The number of amides is 2. The Morgan fingerprint density at radius 1 is 0.955 bits per heavy atom. The summed E-state index contributed by atoms with van der Waals surface area (Å²) in [6, 6.07) is 23.7. The van der Waals surface area contributed by atoms with Crippen LogP contribution in [-0.2, 0) is 32.6 Å². The van der Waals surface area contributed by atoms with Crippen LogP contribution in [0.15, 0.2) is 83.3 Å². The molecule has 1 atom stereocenters. The Bertz CT molecular complexity index is 1500. The van der Waals surface area contributed by atoms with Gasteiger partial charge >= 0.3 is 0 Å². The largest absolute Gasteiger partial charge is 0.497 e. The number of rotatable bonds is 14. The third-order valence-electron chi connectivity index (χ3n) is 7.96. The van der Waals surface area contributed by atoms with Crippen LogP contribution in [0, 0.1) is 0 Å². The van der Waals surface area contributed by atoms with Crippen LogP contribution in [0.2, 0.25) is 0 Å². The van der Waals surface area contributed by atoms with Gasteiger partial charge in [-0.25, -0.2) is 8.42 Å². The van der Waals surface area contributed by atoms with Gasteiger partial charge in [-0.3, -0.25) is 13.9 Å². The van der Waals surface area contributed by atoms with E-state index in [0.29, 0.717) is 17.9 Å². The molecule has 0 aromatic heterocycles. The molecule has 44 heavy (non-hydrogen) atoms. The van der Waals surface area contributed by atoms with Gasteiger partial charge in [0.1, 0.15) is 11.8 Å². The van der Waals surface area contributed by atoms with Crippen LogP contribution in [0.25, 0.3) is 0 Å². The molecule has 1 aliphatic rings. The minimum absolute atomic E-state index is 0.0754. The van der Waals surface area contributed by atoms with Crippen molar-refractivity contribution in [2.24, 2.45) is 0 Å². The highest BCUT2D eigenvalue weighted by Crippen LogP contribution is 2.25. The van der Waals surface area contributed by atoms with Gasteiger partial charge in [0.05, 0.1) is 19.1 Å². The van der Waals surface area contributed by atoms with Gasteiger partial charge in [-0.05, 0) is 54.7 Å². The van der Waals surface area contributed by atoms with Crippen molar-refractivity contribution < 1.29 is 22.7 Å². The van der Waals surface area contributed by atoms with Crippen molar-refractivity contribution >= 4 is 43.5 Å². The molecule has 1 aliphatic carbocycles. The first-order valence-electron chi connectivity index (χ1n) is 15.1. The summed E-state index contributed by atoms with van der Waals surface area (Å²) in [5.41, 5.74) is 2.33. The Balaban J connectivity index is 1.59. The van der Waals surface area contributed by atoms with Gasteiger partial charge in [0.2, 0.25) is 21.8 Å². The molecule has 1 N–H and O–H groups in total. The maximum absolute atomic E-state index is 14.1. The summed E-state index contributed by atoms with van der Waals surface area (Å²) in [7, 11) is -2.09. The lowest BCUT2D eigenvalue weighted by Crippen LogP contribution is -2.52. The lowest BCUT2D eigenvalue weighted by molar-refractivity contribution is -0.141. The molecule has 0 radical (unpaired) electrons. The first-order valence-corrected chi connectivity index (χ1v) is 17.8. The molecule has 0 heterocycles. The molecule has 8 nitrogen and oxygen atoms in total. The van der Waals surface area contributed by atoms with Crippen LogP contribution >= 0.6 is 15.9 Å². The summed E-state index contributed by atoms with van der Waals surface area (Å²) in [5.74, 6) is 0.183. The number of ether oxygens (including phenoxy) is 1. The predicted molar refractivity (Wildman–Crippen MR) is 178 cm³/mol. The van der Waals surface area contributed by atoms with Crippen LogP contribution in [-0.4, -0.2) is 57.1 Å². The number of benzene rings is 3. The molecule has 2 amide bonds. The lowest BCUT2D eigenvalue weighted by atomic mass is 9.94. The van der Waals surface area contributed by atoms with Crippen LogP contribution < -0.4 is 14.4 Å². The van der Waals surface area contributed by atoms with E-state index in [9.17, 15) is 18.0 Å². The van der Waals surface area contributed by atoms with E-state index < -0.39 is 16.1 Å². The van der Waals surface area contributed by atoms with Crippen LogP contribution in [0.5, 0.6) is 5.75 Å². The zero-order chi connectivity index (χ0) is 31.5. The number of hydrogen-bond acceptors (Lipinski definition) is 5. The number of nitrogens with zero attached hydrogens (tertiary/aromatic N) is 2. The van der Waals surface area contributed by atoms with Crippen molar-refractivity contribution in [3.63, 3.8) is 0 Å². The topological polar surface area (TPSA) is 96.0 Å². The summed E-state index contributed by atoms with van der Waals surface area (Å²) in [6.45, 7) is 0.361. The average Bonchev–Trinajstić information content (AvgIpc) is 3.01. The van der Waals surface area contributed by atoms with E-state index in [0.717, 1.165) is 47.5 Å². The molecule has 0 unspecified atom stereocenters. The number of methoxy groups -OCH3 is 1. The third kappa shape index (κ3) is 9.82. The second-order valence-electron chi connectivity index (χ2n) is 11.3. The normalized spacial score (nSPS) is 14.4. The fourth-order valence-electron chi connectivity index (χ4n) is 5.70. The number of halogens is 1. The van der Waals surface area contributed by atoms with E-state index in [-0.39, 0.29) is 43.8 Å².